The maximum Gasteiger partial charge on any atom is 0.355 e. The van der Waals surface area contributed by atoms with Crippen molar-refractivity contribution < 1.29 is 19.4 Å². The molecule has 0 saturated heterocycles. The summed E-state index contributed by atoms with van der Waals surface area (Å²) in [6.45, 7) is 0. The first-order valence-corrected chi connectivity index (χ1v) is 8.60. The number of ether oxygens (including phenoxy) is 1. The van der Waals surface area contributed by atoms with Crippen molar-refractivity contribution in [2.75, 3.05) is 17.9 Å². The molecule has 0 fully saturated rings. The maximum absolute atomic E-state index is 12.2. The molecule has 0 saturated carbocycles. The van der Waals surface area contributed by atoms with Crippen LogP contribution in [0.25, 0.3) is 0 Å². The monoisotopic (exact) mass is 425 g/mol. The van der Waals surface area contributed by atoms with Crippen molar-refractivity contribution in [1.82, 2.24) is 15.4 Å². The number of nitrogens with zero attached hydrogens (tertiary/aromatic N) is 4. The summed E-state index contributed by atoms with van der Waals surface area (Å²) in [5, 5.41) is 25.1. The Morgan fingerprint density at radius 1 is 0.935 bits per heavy atom. The summed E-state index contributed by atoms with van der Waals surface area (Å²) in [5.41, 5.74) is 4.60. The minimum Gasteiger partial charge on any atom is -0.497 e. The lowest BCUT2D eigenvalue weighted by Gasteiger charge is -2.11. The summed E-state index contributed by atoms with van der Waals surface area (Å²) in [4.78, 5) is 40.9. The van der Waals surface area contributed by atoms with Gasteiger partial charge in [-0.2, -0.15) is 0 Å². The molecule has 1 amide bonds. The van der Waals surface area contributed by atoms with Gasteiger partial charge in [-0.25, -0.2) is 9.97 Å². The number of nitro groups is 2. The number of methoxy groups -OCH3 is 1. The number of amides is 1. The van der Waals surface area contributed by atoms with Gasteiger partial charge >= 0.3 is 5.69 Å². The standard InChI is InChI=1S/C18H15N7O6/c1-31-14-8-4-12(5-9-14)21-16-15(25(29)30)17(20-10-19-16)22-23-18(26)11-2-6-13(7-3-11)24(27)28/h2-10H,1H3,(H,23,26)(H2,19,20,21,22). The first kappa shape index (κ1) is 20.9. The molecular weight excluding hydrogens is 410 g/mol. The van der Waals surface area contributed by atoms with Crippen LogP contribution in [0, 0.1) is 20.2 Å². The number of carbonyl (C=O) groups excluding carboxylic acids is 1. The predicted molar refractivity (Wildman–Crippen MR) is 109 cm³/mol. The zero-order chi connectivity index (χ0) is 22.4. The minimum absolute atomic E-state index is 0.0998. The van der Waals surface area contributed by atoms with Gasteiger partial charge in [-0.15, -0.1) is 0 Å². The predicted octanol–water partition coefficient (Wildman–Crippen LogP) is 2.80. The molecule has 3 N–H and O–H groups in total. The van der Waals surface area contributed by atoms with Crippen LogP contribution in [0.3, 0.4) is 0 Å². The van der Waals surface area contributed by atoms with E-state index in [1.165, 1.54) is 31.4 Å². The number of carbonyl (C=O) groups is 1. The highest BCUT2D eigenvalue weighted by molar-refractivity contribution is 5.95. The van der Waals surface area contributed by atoms with Crippen LogP contribution >= 0.6 is 0 Å². The van der Waals surface area contributed by atoms with Crippen molar-refractivity contribution in [3.05, 3.63) is 80.7 Å². The van der Waals surface area contributed by atoms with Crippen LogP contribution < -0.4 is 20.9 Å². The van der Waals surface area contributed by atoms with Crippen LogP contribution in [0.4, 0.5) is 28.7 Å². The van der Waals surface area contributed by atoms with E-state index in [1.54, 1.807) is 24.3 Å². The van der Waals surface area contributed by atoms with Crippen LogP contribution in [0.15, 0.2) is 54.9 Å². The topological polar surface area (TPSA) is 174 Å². The number of hydrogen-bond donors (Lipinski definition) is 3. The molecule has 3 aromatic rings. The summed E-state index contributed by atoms with van der Waals surface area (Å²) in [7, 11) is 1.51. The summed E-state index contributed by atoms with van der Waals surface area (Å²) in [5.74, 6) is -0.421. The Morgan fingerprint density at radius 2 is 1.58 bits per heavy atom. The third kappa shape index (κ3) is 4.97. The zero-order valence-electron chi connectivity index (χ0n) is 15.9. The lowest BCUT2D eigenvalue weighted by Crippen LogP contribution is -2.30. The molecule has 0 bridgehead atoms. The highest BCUT2D eigenvalue weighted by Crippen LogP contribution is 2.31. The fourth-order valence-corrected chi connectivity index (χ4v) is 2.47. The molecule has 0 aliphatic carbocycles. The Bertz CT molecular complexity index is 1120. The SMILES string of the molecule is COc1ccc(Nc2ncnc(NNC(=O)c3ccc([N+](=O)[O-])cc3)c2[N+](=O)[O-])cc1. The average Bonchev–Trinajstić information content (AvgIpc) is 2.77. The number of hydrogen-bond acceptors (Lipinski definition) is 10. The molecule has 13 nitrogen and oxygen atoms in total. The largest absolute Gasteiger partial charge is 0.497 e. The fourth-order valence-electron chi connectivity index (χ4n) is 2.47. The number of anilines is 3. The molecular formula is C18H15N7O6. The number of aromatic nitrogens is 2. The highest BCUT2D eigenvalue weighted by atomic mass is 16.6. The van der Waals surface area contributed by atoms with Crippen LogP contribution in [-0.4, -0.2) is 32.8 Å². The van der Waals surface area contributed by atoms with E-state index in [1.807, 2.05) is 0 Å². The first-order chi connectivity index (χ1) is 14.9. The minimum atomic E-state index is -0.702. The molecule has 0 spiro atoms. The summed E-state index contributed by atoms with van der Waals surface area (Å²) < 4.78 is 5.06. The van der Waals surface area contributed by atoms with Crippen molar-refractivity contribution in [3.63, 3.8) is 0 Å². The van der Waals surface area contributed by atoms with Gasteiger partial charge in [0, 0.05) is 23.4 Å². The van der Waals surface area contributed by atoms with Gasteiger partial charge in [0.2, 0.25) is 11.6 Å². The molecule has 0 radical (unpaired) electrons. The summed E-state index contributed by atoms with van der Waals surface area (Å²) in [6.07, 6.45) is 1.08. The van der Waals surface area contributed by atoms with Crippen molar-refractivity contribution in [1.29, 1.82) is 0 Å². The third-order valence-electron chi connectivity index (χ3n) is 3.99. The van der Waals surface area contributed by atoms with Crippen LogP contribution in [0.1, 0.15) is 10.4 Å². The van der Waals surface area contributed by atoms with Gasteiger partial charge < -0.3 is 10.1 Å². The van der Waals surface area contributed by atoms with E-state index in [-0.39, 0.29) is 22.9 Å². The molecule has 0 atom stereocenters. The fraction of sp³-hybridized carbons (Fsp3) is 0.0556. The van der Waals surface area contributed by atoms with Gasteiger partial charge in [-0.3, -0.25) is 35.9 Å². The smallest absolute Gasteiger partial charge is 0.355 e. The molecule has 13 heteroatoms. The Morgan fingerprint density at radius 3 is 2.16 bits per heavy atom. The van der Waals surface area contributed by atoms with Crippen molar-refractivity contribution in [2.45, 2.75) is 0 Å². The van der Waals surface area contributed by atoms with Crippen molar-refractivity contribution in [3.8, 4) is 5.75 Å². The van der Waals surface area contributed by atoms with Gasteiger partial charge in [0.25, 0.3) is 11.6 Å². The van der Waals surface area contributed by atoms with Crippen molar-refractivity contribution >= 4 is 34.6 Å². The van der Waals surface area contributed by atoms with Gasteiger partial charge in [0.15, 0.2) is 0 Å². The van der Waals surface area contributed by atoms with Crippen LogP contribution in [0.5, 0.6) is 5.75 Å². The Labute approximate surface area is 174 Å². The first-order valence-electron chi connectivity index (χ1n) is 8.60. The van der Waals surface area contributed by atoms with E-state index in [0.717, 1.165) is 6.33 Å². The number of hydrazine groups is 1. The second-order valence-corrected chi connectivity index (χ2v) is 5.91. The number of non-ortho nitro benzene ring substituents is 1. The van der Waals surface area contributed by atoms with Crippen LogP contribution in [-0.2, 0) is 0 Å². The lowest BCUT2D eigenvalue weighted by molar-refractivity contribution is -0.384. The second kappa shape index (κ2) is 9.13. The Balaban J connectivity index is 1.77. The van der Waals surface area contributed by atoms with Gasteiger partial charge in [-0.1, -0.05) is 0 Å². The molecule has 0 aliphatic rings. The second-order valence-electron chi connectivity index (χ2n) is 5.91. The number of benzene rings is 2. The number of nitro benzene ring substituents is 1. The van der Waals surface area contributed by atoms with E-state index in [4.69, 9.17) is 4.74 Å². The Kier molecular flexibility index (Phi) is 6.16. The number of nitrogens with one attached hydrogen (secondary N) is 3. The molecule has 31 heavy (non-hydrogen) atoms. The Hall–Kier alpha value is -4.81. The maximum atomic E-state index is 12.2. The van der Waals surface area contributed by atoms with Crippen molar-refractivity contribution in [2.24, 2.45) is 0 Å². The quantitative estimate of drug-likeness (QED) is 0.359. The van der Waals surface area contributed by atoms with E-state index in [0.29, 0.717) is 11.4 Å². The highest BCUT2D eigenvalue weighted by Gasteiger charge is 2.24. The average molecular weight is 425 g/mol. The van der Waals surface area contributed by atoms with Gasteiger partial charge in [0.1, 0.15) is 12.1 Å². The lowest BCUT2D eigenvalue weighted by atomic mass is 10.2. The molecule has 158 valence electrons. The molecule has 3 rings (SSSR count). The normalized spacial score (nSPS) is 10.1. The summed E-state index contributed by atoms with van der Waals surface area (Å²) in [6, 6.07) is 11.5. The third-order valence-corrected chi connectivity index (χ3v) is 3.99. The van der Waals surface area contributed by atoms with E-state index < -0.39 is 21.4 Å². The zero-order valence-corrected chi connectivity index (χ0v) is 15.9. The molecule has 1 aromatic heterocycles. The molecule has 0 unspecified atom stereocenters. The summed E-state index contributed by atoms with van der Waals surface area (Å²) >= 11 is 0. The van der Waals surface area contributed by atoms with Crippen LogP contribution in [0.2, 0.25) is 0 Å². The van der Waals surface area contributed by atoms with E-state index in [9.17, 15) is 25.0 Å². The van der Waals surface area contributed by atoms with Gasteiger partial charge in [0.05, 0.1) is 17.0 Å². The number of rotatable bonds is 8. The molecule has 1 heterocycles. The molecule has 0 aliphatic heterocycles. The molecule has 2 aromatic carbocycles. The van der Waals surface area contributed by atoms with Gasteiger partial charge in [-0.05, 0) is 36.4 Å². The van der Waals surface area contributed by atoms with E-state index >= 15 is 0 Å². The van der Waals surface area contributed by atoms with E-state index in [2.05, 4.69) is 26.1 Å².